The van der Waals surface area contributed by atoms with Crippen molar-refractivity contribution in [2.75, 3.05) is 43.0 Å². The number of halogens is 2. The summed E-state index contributed by atoms with van der Waals surface area (Å²) in [5, 5.41) is 3.05. The second kappa shape index (κ2) is 9.85. The van der Waals surface area contributed by atoms with Crippen LogP contribution in [0.1, 0.15) is 32.3 Å². The molecule has 1 N–H and O–H groups in total. The van der Waals surface area contributed by atoms with Crippen LogP contribution >= 0.6 is 31.9 Å². The van der Waals surface area contributed by atoms with Gasteiger partial charge >= 0.3 is 6.03 Å². The molecule has 3 rings (SSSR count). The van der Waals surface area contributed by atoms with E-state index in [1.54, 1.807) is 0 Å². The van der Waals surface area contributed by atoms with Crippen molar-refractivity contribution >= 4 is 49.3 Å². The molecule has 1 saturated heterocycles. The first kappa shape index (κ1) is 22.0. The largest absolute Gasteiger partial charge is 0.492 e. The number of urea groups is 1. The van der Waals surface area contributed by atoms with Gasteiger partial charge in [-0.2, -0.15) is 0 Å². The molecule has 0 atom stereocenters. The maximum Gasteiger partial charge on any atom is 0.322 e. The number of carbonyl (C=O) groups excluding carboxylic acids is 1. The highest BCUT2D eigenvalue weighted by Gasteiger charge is 2.24. The summed E-state index contributed by atoms with van der Waals surface area (Å²) >= 11 is 7.19. The van der Waals surface area contributed by atoms with Gasteiger partial charge in [0.1, 0.15) is 5.75 Å². The summed E-state index contributed by atoms with van der Waals surface area (Å²) in [6.07, 6.45) is 0. The average Bonchev–Trinajstić information content (AvgIpc) is 2.71. The molecule has 29 heavy (non-hydrogen) atoms. The number of anilines is 2. The summed E-state index contributed by atoms with van der Waals surface area (Å²) < 4.78 is 7.52. The number of nitrogens with one attached hydrogen (secondary N) is 1. The van der Waals surface area contributed by atoms with Gasteiger partial charge in [-0.1, -0.05) is 26.0 Å². The third-order valence-corrected chi connectivity index (χ3v) is 6.29. The molecule has 0 radical (unpaired) electrons. The van der Waals surface area contributed by atoms with Gasteiger partial charge in [0.05, 0.1) is 18.0 Å². The smallest absolute Gasteiger partial charge is 0.322 e. The van der Waals surface area contributed by atoms with Crippen molar-refractivity contribution in [3.63, 3.8) is 0 Å². The number of piperazine rings is 1. The van der Waals surface area contributed by atoms with Gasteiger partial charge in [0.25, 0.3) is 0 Å². The molecule has 2 aromatic rings. The second-order valence-corrected chi connectivity index (χ2v) is 9.03. The zero-order valence-electron chi connectivity index (χ0n) is 17.0. The Morgan fingerprint density at radius 2 is 1.72 bits per heavy atom. The summed E-state index contributed by atoms with van der Waals surface area (Å²) in [5.41, 5.74) is 3.07. The summed E-state index contributed by atoms with van der Waals surface area (Å²) in [7, 11) is 0. The lowest BCUT2D eigenvalue weighted by Crippen LogP contribution is -2.50. The molecule has 5 nitrogen and oxygen atoms in total. The molecular formula is C22H27Br2N3O2. The van der Waals surface area contributed by atoms with Gasteiger partial charge in [-0.25, -0.2) is 4.79 Å². The topological polar surface area (TPSA) is 44.8 Å². The zero-order chi connectivity index (χ0) is 21.0. The first-order valence-corrected chi connectivity index (χ1v) is 11.5. The van der Waals surface area contributed by atoms with E-state index in [1.807, 2.05) is 30.0 Å². The summed E-state index contributed by atoms with van der Waals surface area (Å²) in [6, 6.07) is 12.1. The lowest BCUT2D eigenvalue weighted by molar-refractivity contribution is 0.208. The molecule has 156 valence electrons. The van der Waals surface area contributed by atoms with E-state index in [1.165, 1.54) is 5.56 Å². The number of hydrogen-bond donors (Lipinski definition) is 1. The van der Waals surface area contributed by atoms with Gasteiger partial charge in [0, 0.05) is 35.1 Å². The molecule has 0 bridgehead atoms. The predicted molar refractivity (Wildman–Crippen MR) is 126 cm³/mol. The molecule has 0 aliphatic carbocycles. The summed E-state index contributed by atoms with van der Waals surface area (Å²) in [4.78, 5) is 17.0. The lowest BCUT2D eigenvalue weighted by Gasteiger charge is -2.36. The Balaban J connectivity index is 1.64. The van der Waals surface area contributed by atoms with Gasteiger partial charge < -0.3 is 19.9 Å². The van der Waals surface area contributed by atoms with Gasteiger partial charge in [-0.15, -0.1) is 0 Å². The van der Waals surface area contributed by atoms with Crippen LogP contribution in [0.25, 0.3) is 0 Å². The SMILES string of the molecule is CCOc1ccccc1N1CCN(C(=O)Nc2c(Br)cc(C(C)C)cc2Br)CC1. The Morgan fingerprint density at radius 1 is 1.10 bits per heavy atom. The molecule has 0 aromatic heterocycles. The number of amides is 2. The van der Waals surface area contributed by atoms with Crippen LogP contribution < -0.4 is 15.0 Å². The molecule has 1 fully saturated rings. The van der Waals surface area contributed by atoms with Crippen LogP contribution in [0.3, 0.4) is 0 Å². The van der Waals surface area contributed by atoms with Crippen LogP contribution in [0.15, 0.2) is 45.3 Å². The summed E-state index contributed by atoms with van der Waals surface area (Å²) in [6.45, 7) is 9.78. The van der Waals surface area contributed by atoms with E-state index in [2.05, 4.69) is 74.1 Å². The van der Waals surface area contributed by atoms with Crippen molar-refractivity contribution in [1.29, 1.82) is 0 Å². The molecule has 1 aliphatic heterocycles. The zero-order valence-corrected chi connectivity index (χ0v) is 20.2. The quantitative estimate of drug-likeness (QED) is 0.514. The van der Waals surface area contributed by atoms with E-state index in [9.17, 15) is 4.79 Å². The monoisotopic (exact) mass is 523 g/mol. The molecule has 0 saturated carbocycles. The molecule has 1 heterocycles. The third-order valence-electron chi connectivity index (χ3n) is 5.04. The Morgan fingerprint density at radius 3 is 2.31 bits per heavy atom. The van der Waals surface area contributed by atoms with Crippen molar-refractivity contribution in [3.05, 3.63) is 50.9 Å². The number of ether oxygens (including phenoxy) is 1. The Bertz CT molecular complexity index is 842. The Kier molecular flexibility index (Phi) is 7.46. The number of rotatable bonds is 5. The fourth-order valence-electron chi connectivity index (χ4n) is 3.38. The third kappa shape index (κ3) is 5.25. The van der Waals surface area contributed by atoms with Crippen molar-refractivity contribution in [2.45, 2.75) is 26.7 Å². The maximum atomic E-state index is 12.8. The fourth-order valence-corrected chi connectivity index (χ4v) is 4.80. The normalized spacial score (nSPS) is 14.3. The fraction of sp³-hybridized carbons (Fsp3) is 0.409. The number of para-hydroxylation sites is 2. The van der Waals surface area contributed by atoms with Gasteiger partial charge in [0.15, 0.2) is 0 Å². The Labute approximate surface area is 189 Å². The van der Waals surface area contributed by atoms with Gasteiger partial charge in [-0.05, 0) is 74.5 Å². The van der Waals surface area contributed by atoms with Crippen LogP contribution in [-0.4, -0.2) is 43.7 Å². The van der Waals surface area contributed by atoms with Crippen molar-refractivity contribution < 1.29 is 9.53 Å². The highest BCUT2D eigenvalue weighted by atomic mass is 79.9. The average molecular weight is 525 g/mol. The van der Waals surface area contributed by atoms with E-state index in [4.69, 9.17) is 4.74 Å². The number of nitrogens with zero attached hydrogens (tertiary/aromatic N) is 2. The van der Waals surface area contributed by atoms with Gasteiger partial charge in [-0.3, -0.25) is 0 Å². The van der Waals surface area contributed by atoms with E-state index in [0.717, 1.165) is 39.2 Å². The van der Waals surface area contributed by atoms with E-state index < -0.39 is 0 Å². The van der Waals surface area contributed by atoms with E-state index in [-0.39, 0.29) is 6.03 Å². The van der Waals surface area contributed by atoms with Crippen LogP contribution in [0.4, 0.5) is 16.2 Å². The van der Waals surface area contributed by atoms with E-state index in [0.29, 0.717) is 25.6 Å². The molecule has 1 aliphatic rings. The molecule has 7 heteroatoms. The minimum atomic E-state index is -0.0820. The lowest BCUT2D eigenvalue weighted by atomic mass is 10.0. The van der Waals surface area contributed by atoms with Crippen LogP contribution in [0.2, 0.25) is 0 Å². The Hall–Kier alpha value is -1.73. The molecule has 2 aromatic carbocycles. The molecular weight excluding hydrogens is 498 g/mol. The highest BCUT2D eigenvalue weighted by Crippen LogP contribution is 2.35. The van der Waals surface area contributed by atoms with Crippen molar-refractivity contribution in [3.8, 4) is 5.75 Å². The molecule has 0 unspecified atom stereocenters. The van der Waals surface area contributed by atoms with E-state index >= 15 is 0 Å². The first-order valence-electron chi connectivity index (χ1n) is 9.92. The number of benzene rings is 2. The predicted octanol–water partition coefficient (Wildman–Crippen LogP) is 6.09. The van der Waals surface area contributed by atoms with Crippen LogP contribution in [0, 0.1) is 0 Å². The van der Waals surface area contributed by atoms with Crippen LogP contribution in [-0.2, 0) is 0 Å². The standard InChI is InChI=1S/C22H27Br2N3O2/c1-4-29-20-8-6-5-7-19(20)26-9-11-27(12-10-26)22(28)25-21-17(23)13-16(15(2)3)14-18(21)24/h5-8,13-15H,4,9-12H2,1-3H3,(H,25,28). The first-order chi connectivity index (χ1) is 13.9. The highest BCUT2D eigenvalue weighted by molar-refractivity contribution is 9.11. The minimum Gasteiger partial charge on any atom is -0.492 e. The summed E-state index contributed by atoms with van der Waals surface area (Å²) in [5.74, 6) is 1.31. The maximum absolute atomic E-state index is 12.8. The van der Waals surface area contributed by atoms with Crippen molar-refractivity contribution in [1.82, 2.24) is 4.90 Å². The second-order valence-electron chi connectivity index (χ2n) is 7.32. The van der Waals surface area contributed by atoms with Gasteiger partial charge in [0.2, 0.25) is 0 Å². The molecule has 2 amide bonds. The van der Waals surface area contributed by atoms with Crippen LogP contribution in [0.5, 0.6) is 5.75 Å². The number of carbonyl (C=O) groups is 1. The van der Waals surface area contributed by atoms with Crippen molar-refractivity contribution in [2.24, 2.45) is 0 Å². The molecule has 0 spiro atoms. The number of hydrogen-bond acceptors (Lipinski definition) is 3. The minimum absolute atomic E-state index is 0.0820.